The van der Waals surface area contributed by atoms with Crippen LogP contribution in [0.1, 0.15) is 0 Å². The molecule has 0 spiro atoms. The van der Waals surface area contributed by atoms with Gasteiger partial charge >= 0.3 is 0 Å². The molecule has 9 rings (SSSR count). The number of furan rings is 1. The van der Waals surface area contributed by atoms with Gasteiger partial charge in [-0.25, -0.2) is 4.98 Å². The summed E-state index contributed by atoms with van der Waals surface area (Å²) in [6.07, 6.45) is 0. The lowest BCUT2D eigenvalue weighted by Crippen LogP contribution is -1.94. The molecule has 9 aromatic rings. The lowest BCUT2D eigenvalue weighted by Gasteiger charge is -2.10. The molecule has 3 nitrogen and oxygen atoms in total. The van der Waals surface area contributed by atoms with Crippen LogP contribution in [0.15, 0.2) is 138 Å². The number of fused-ring (bicyclic) bond motifs is 7. The van der Waals surface area contributed by atoms with Crippen LogP contribution in [0.5, 0.6) is 0 Å². The normalized spacial score (nSPS) is 11.9. The molecule has 0 amide bonds. The van der Waals surface area contributed by atoms with E-state index < -0.39 is 0 Å². The van der Waals surface area contributed by atoms with Crippen LogP contribution in [0.25, 0.3) is 81.3 Å². The van der Waals surface area contributed by atoms with Crippen molar-refractivity contribution in [2.45, 2.75) is 0 Å². The molecule has 0 fully saturated rings. The summed E-state index contributed by atoms with van der Waals surface area (Å²) in [5.74, 6) is 0. The molecule has 192 valence electrons. The fourth-order valence-corrected chi connectivity index (χ4v) is 7.07. The van der Waals surface area contributed by atoms with Gasteiger partial charge in [-0.3, -0.25) is 0 Å². The van der Waals surface area contributed by atoms with Gasteiger partial charge in [0.15, 0.2) is 0 Å². The number of hydrogen-bond donors (Lipinski definition) is 0. The molecule has 0 unspecified atom stereocenters. The van der Waals surface area contributed by atoms with E-state index >= 15 is 0 Å². The summed E-state index contributed by atoms with van der Waals surface area (Å²) in [4.78, 5) is 4.91. The summed E-state index contributed by atoms with van der Waals surface area (Å²) in [6.45, 7) is 0. The van der Waals surface area contributed by atoms with Crippen LogP contribution in [0, 0.1) is 0 Å². The van der Waals surface area contributed by atoms with E-state index in [2.05, 4.69) is 120 Å². The van der Waals surface area contributed by atoms with Crippen molar-refractivity contribution >= 4 is 65.3 Å². The van der Waals surface area contributed by atoms with E-state index in [0.29, 0.717) is 0 Å². The smallest absolute Gasteiger partial charge is 0.135 e. The van der Waals surface area contributed by atoms with Crippen molar-refractivity contribution in [2.24, 2.45) is 0 Å². The molecule has 0 N–H and O–H groups in total. The minimum absolute atomic E-state index is 0.917. The third-order valence-corrected chi connectivity index (χ3v) is 9.11. The molecule has 6 aromatic carbocycles. The fraction of sp³-hybridized carbons (Fsp3) is 0. The number of rotatable bonds is 3. The van der Waals surface area contributed by atoms with Gasteiger partial charge in [0.1, 0.15) is 16.2 Å². The second-order valence-corrected chi connectivity index (χ2v) is 11.5. The Hall–Kier alpha value is -5.19. The monoisotopic (exact) mass is 542 g/mol. The molecule has 3 heterocycles. The van der Waals surface area contributed by atoms with E-state index in [9.17, 15) is 0 Å². The summed E-state index contributed by atoms with van der Waals surface area (Å²) >= 11 is 1.74. The molecule has 0 atom stereocenters. The van der Waals surface area contributed by atoms with Crippen LogP contribution in [0.3, 0.4) is 0 Å². The Kier molecular flexibility index (Phi) is 4.77. The Labute approximate surface area is 239 Å². The van der Waals surface area contributed by atoms with Gasteiger partial charge in [0.05, 0.1) is 21.3 Å². The number of benzene rings is 6. The van der Waals surface area contributed by atoms with E-state index in [0.717, 1.165) is 43.7 Å². The standard InChI is InChI=1S/C37H22N2OS/c1-4-13-32-27(10-1)29-21-23(24-17-19-35-30(22-24)28-11-2-5-14-34(28)40-35)16-18-33(29)39(32)26-9-7-8-25(20-26)37-38-31-12-3-6-15-36(31)41-37/h1-22H. The van der Waals surface area contributed by atoms with E-state index in [4.69, 9.17) is 9.40 Å². The highest BCUT2D eigenvalue weighted by molar-refractivity contribution is 7.21. The molecular formula is C37H22N2OS. The first-order valence-electron chi connectivity index (χ1n) is 13.7. The summed E-state index contributed by atoms with van der Waals surface area (Å²) in [7, 11) is 0. The van der Waals surface area contributed by atoms with E-state index in [1.807, 2.05) is 18.2 Å². The Morgan fingerprint density at radius 2 is 1.24 bits per heavy atom. The second-order valence-electron chi connectivity index (χ2n) is 10.4. The van der Waals surface area contributed by atoms with E-state index in [1.165, 1.54) is 37.6 Å². The van der Waals surface area contributed by atoms with Crippen molar-refractivity contribution in [1.29, 1.82) is 0 Å². The van der Waals surface area contributed by atoms with Gasteiger partial charge in [0, 0.05) is 32.8 Å². The lowest BCUT2D eigenvalue weighted by molar-refractivity contribution is 0.669. The zero-order valence-electron chi connectivity index (χ0n) is 21.9. The highest BCUT2D eigenvalue weighted by atomic mass is 32.1. The maximum Gasteiger partial charge on any atom is 0.135 e. The molecule has 3 aromatic heterocycles. The van der Waals surface area contributed by atoms with Crippen LogP contribution < -0.4 is 0 Å². The first kappa shape index (κ1) is 22.6. The van der Waals surface area contributed by atoms with E-state index in [-0.39, 0.29) is 0 Å². The minimum Gasteiger partial charge on any atom is -0.456 e. The fourth-order valence-electron chi connectivity index (χ4n) is 6.11. The quantitative estimate of drug-likeness (QED) is 0.222. The van der Waals surface area contributed by atoms with Crippen molar-refractivity contribution < 1.29 is 4.42 Å². The summed E-state index contributed by atoms with van der Waals surface area (Å²) < 4.78 is 9.66. The van der Waals surface area contributed by atoms with E-state index in [1.54, 1.807) is 11.3 Å². The topological polar surface area (TPSA) is 31.0 Å². The van der Waals surface area contributed by atoms with Gasteiger partial charge in [0.2, 0.25) is 0 Å². The molecule has 41 heavy (non-hydrogen) atoms. The molecule has 0 aliphatic carbocycles. The Bertz CT molecular complexity index is 2410. The molecular weight excluding hydrogens is 520 g/mol. The van der Waals surface area contributed by atoms with Gasteiger partial charge in [-0.05, 0) is 71.8 Å². The lowest BCUT2D eigenvalue weighted by atomic mass is 10.0. The van der Waals surface area contributed by atoms with Gasteiger partial charge in [-0.2, -0.15) is 0 Å². The first-order chi connectivity index (χ1) is 20.3. The van der Waals surface area contributed by atoms with Crippen molar-refractivity contribution in [2.75, 3.05) is 0 Å². The van der Waals surface area contributed by atoms with Crippen LogP contribution in [-0.4, -0.2) is 9.55 Å². The summed E-state index contributed by atoms with van der Waals surface area (Å²) in [5, 5.41) is 5.81. The summed E-state index contributed by atoms with van der Waals surface area (Å²) in [6, 6.07) is 47.3. The maximum absolute atomic E-state index is 6.08. The van der Waals surface area contributed by atoms with Gasteiger partial charge in [0.25, 0.3) is 0 Å². The van der Waals surface area contributed by atoms with Crippen molar-refractivity contribution in [3.05, 3.63) is 133 Å². The first-order valence-corrected chi connectivity index (χ1v) is 14.5. The molecule has 0 aliphatic rings. The Balaban J connectivity index is 1.22. The largest absolute Gasteiger partial charge is 0.456 e. The van der Waals surface area contributed by atoms with Crippen LogP contribution >= 0.6 is 11.3 Å². The molecule has 4 heteroatoms. The average Bonchev–Trinajstić information content (AvgIpc) is 3.72. The second kappa shape index (κ2) is 8.65. The molecule has 0 saturated carbocycles. The van der Waals surface area contributed by atoms with Gasteiger partial charge in [-0.15, -0.1) is 11.3 Å². The zero-order valence-corrected chi connectivity index (χ0v) is 22.7. The average molecular weight is 543 g/mol. The minimum atomic E-state index is 0.917. The highest BCUT2D eigenvalue weighted by Gasteiger charge is 2.15. The number of aromatic nitrogens is 2. The summed E-state index contributed by atoms with van der Waals surface area (Å²) in [5.41, 5.74) is 9.90. The maximum atomic E-state index is 6.08. The zero-order chi connectivity index (χ0) is 26.9. The Morgan fingerprint density at radius 1 is 0.512 bits per heavy atom. The number of hydrogen-bond acceptors (Lipinski definition) is 3. The predicted octanol–water partition coefficient (Wildman–Crippen LogP) is 10.6. The SMILES string of the molecule is c1cc(-c2nc3ccccc3s2)cc(-n2c3ccccc3c3cc(-c4ccc5oc6ccccc6c5c4)ccc32)c1. The van der Waals surface area contributed by atoms with Crippen LogP contribution in [-0.2, 0) is 0 Å². The highest BCUT2D eigenvalue weighted by Crippen LogP contribution is 2.38. The van der Waals surface area contributed by atoms with Crippen LogP contribution in [0.4, 0.5) is 0 Å². The third-order valence-electron chi connectivity index (χ3n) is 8.03. The van der Waals surface area contributed by atoms with Gasteiger partial charge < -0.3 is 8.98 Å². The van der Waals surface area contributed by atoms with Crippen molar-refractivity contribution in [3.8, 4) is 27.4 Å². The number of para-hydroxylation sites is 3. The molecule has 0 bridgehead atoms. The third kappa shape index (κ3) is 3.48. The number of nitrogens with zero attached hydrogens (tertiary/aromatic N) is 2. The van der Waals surface area contributed by atoms with Crippen molar-refractivity contribution in [3.63, 3.8) is 0 Å². The predicted molar refractivity (Wildman–Crippen MR) is 172 cm³/mol. The van der Waals surface area contributed by atoms with Gasteiger partial charge in [-0.1, -0.05) is 72.8 Å². The number of thiazole rings is 1. The Morgan fingerprint density at radius 3 is 2.17 bits per heavy atom. The molecule has 0 saturated heterocycles. The molecule has 0 radical (unpaired) electrons. The van der Waals surface area contributed by atoms with Crippen molar-refractivity contribution in [1.82, 2.24) is 9.55 Å². The molecule has 0 aliphatic heterocycles. The van der Waals surface area contributed by atoms with Crippen LogP contribution in [0.2, 0.25) is 0 Å².